The summed E-state index contributed by atoms with van der Waals surface area (Å²) in [6.45, 7) is 19.3. The smallest absolute Gasteiger partial charge is 0.191 e. The number of guanidine groups is 1. The molecule has 0 aliphatic heterocycles. The number of nitrogens with zero attached hydrogens (tertiary/aromatic N) is 3. The summed E-state index contributed by atoms with van der Waals surface area (Å²) < 4.78 is 0. The number of aliphatic imine (C=N–C) groups is 1. The molecule has 5 nitrogen and oxygen atoms in total. The van der Waals surface area contributed by atoms with Gasteiger partial charge in [-0.15, -0.1) is 0 Å². The Morgan fingerprint density at radius 2 is 1.48 bits per heavy atom. The largest absolute Gasteiger partial charge is 0.356 e. The van der Waals surface area contributed by atoms with E-state index < -0.39 is 0 Å². The van der Waals surface area contributed by atoms with E-state index in [9.17, 15) is 0 Å². The molecule has 0 radical (unpaired) electrons. The molecule has 0 aromatic heterocycles. The fraction of sp³-hybridized carbons (Fsp3) is 0.950. The molecule has 0 saturated carbocycles. The maximum atomic E-state index is 4.36. The lowest BCUT2D eigenvalue weighted by Crippen LogP contribution is -2.43. The van der Waals surface area contributed by atoms with Crippen LogP contribution in [-0.2, 0) is 0 Å². The lowest BCUT2D eigenvalue weighted by atomic mass is 10.2. The van der Waals surface area contributed by atoms with E-state index in [1.807, 2.05) is 7.05 Å². The maximum Gasteiger partial charge on any atom is 0.191 e. The minimum absolute atomic E-state index is 0.457. The van der Waals surface area contributed by atoms with Gasteiger partial charge in [0, 0.05) is 19.6 Å². The normalized spacial score (nSPS) is 13.5. The molecule has 1 unspecified atom stereocenters. The van der Waals surface area contributed by atoms with Crippen molar-refractivity contribution in [2.24, 2.45) is 4.99 Å². The molecule has 25 heavy (non-hydrogen) atoms. The number of hydrogen-bond donors (Lipinski definition) is 2. The molecule has 0 spiro atoms. The second kappa shape index (κ2) is 16.6. The van der Waals surface area contributed by atoms with E-state index in [0.29, 0.717) is 6.04 Å². The van der Waals surface area contributed by atoms with Crippen LogP contribution < -0.4 is 10.6 Å². The first-order valence-electron chi connectivity index (χ1n) is 10.5. The zero-order chi connectivity index (χ0) is 18.9. The summed E-state index contributed by atoms with van der Waals surface area (Å²) in [5, 5.41) is 6.98. The summed E-state index contributed by atoms with van der Waals surface area (Å²) in [6.07, 6.45) is 6.05. The highest BCUT2D eigenvalue weighted by atomic mass is 15.2. The summed E-state index contributed by atoms with van der Waals surface area (Å²) in [6, 6.07) is 0.457. The molecule has 0 aromatic carbocycles. The monoisotopic (exact) mass is 355 g/mol. The van der Waals surface area contributed by atoms with Gasteiger partial charge in [0.1, 0.15) is 0 Å². The zero-order valence-corrected chi connectivity index (χ0v) is 17.9. The van der Waals surface area contributed by atoms with E-state index in [-0.39, 0.29) is 0 Å². The average Bonchev–Trinajstić information content (AvgIpc) is 2.61. The maximum absolute atomic E-state index is 4.36. The van der Waals surface area contributed by atoms with Gasteiger partial charge >= 0.3 is 0 Å². The van der Waals surface area contributed by atoms with Gasteiger partial charge < -0.3 is 20.4 Å². The van der Waals surface area contributed by atoms with Crippen LogP contribution in [0.15, 0.2) is 4.99 Å². The highest BCUT2D eigenvalue weighted by molar-refractivity contribution is 5.79. The van der Waals surface area contributed by atoms with E-state index in [4.69, 9.17) is 0 Å². The molecule has 0 bridgehead atoms. The molecule has 5 heteroatoms. The molecule has 0 aromatic rings. The highest BCUT2D eigenvalue weighted by Crippen LogP contribution is 2.00. The molecule has 0 amide bonds. The number of nitrogens with one attached hydrogen (secondary N) is 2. The predicted octanol–water partition coefficient (Wildman–Crippen LogP) is 3.17. The van der Waals surface area contributed by atoms with Gasteiger partial charge in [0.25, 0.3) is 0 Å². The highest BCUT2D eigenvalue weighted by Gasteiger charge is 2.07. The van der Waals surface area contributed by atoms with Crippen molar-refractivity contribution in [2.75, 3.05) is 52.9 Å². The predicted molar refractivity (Wildman–Crippen MR) is 113 cm³/mol. The second-order valence-corrected chi connectivity index (χ2v) is 6.91. The van der Waals surface area contributed by atoms with Crippen molar-refractivity contribution < 1.29 is 0 Å². The van der Waals surface area contributed by atoms with E-state index >= 15 is 0 Å². The van der Waals surface area contributed by atoms with E-state index in [0.717, 1.165) is 32.0 Å². The van der Waals surface area contributed by atoms with Gasteiger partial charge in [-0.1, -0.05) is 27.7 Å². The Morgan fingerprint density at radius 1 is 0.880 bits per heavy atom. The summed E-state index contributed by atoms with van der Waals surface area (Å²) in [4.78, 5) is 9.41. The lowest BCUT2D eigenvalue weighted by Gasteiger charge is -2.22. The minimum Gasteiger partial charge on any atom is -0.356 e. The molecule has 2 N–H and O–H groups in total. The summed E-state index contributed by atoms with van der Waals surface area (Å²) in [7, 11) is 1.86. The Kier molecular flexibility index (Phi) is 16.1. The van der Waals surface area contributed by atoms with Crippen molar-refractivity contribution in [1.29, 1.82) is 0 Å². The van der Waals surface area contributed by atoms with Crippen LogP contribution in [0.1, 0.15) is 66.7 Å². The van der Waals surface area contributed by atoms with Crippen molar-refractivity contribution in [1.82, 2.24) is 20.4 Å². The lowest BCUT2D eigenvalue weighted by molar-refractivity contribution is 0.271. The molecule has 0 aliphatic carbocycles. The van der Waals surface area contributed by atoms with Crippen LogP contribution in [0.25, 0.3) is 0 Å². The third kappa shape index (κ3) is 13.1. The Hall–Kier alpha value is -0.810. The third-order valence-electron chi connectivity index (χ3n) is 4.64. The van der Waals surface area contributed by atoms with Crippen molar-refractivity contribution in [3.05, 3.63) is 0 Å². The van der Waals surface area contributed by atoms with E-state index in [2.05, 4.69) is 60.0 Å². The first-order valence-corrected chi connectivity index (χ1v) is 10.5. The van der Waals surface area contributed by atoms with Crippen LogP contribution in [0.3, 0.4) is 0 Å². The average molecular weight is 356 g/mol. The fourth-order valence-corrected chi connectivity index (χ4v) is 3.14. The SMILES string of the molecule is CCCN(CCC)CCCNC(=NC)NC(C)CCCN(CC)CC. The van der Waals surface area contributed by atoms with Gasteiger partial charge in [0.15, 0.2) is 5.96 Å². The van der Waals surface area contributed by atoms with Crippen LogP contribution in [0.5, 0.6) is 0 Å². The molecule has 0 aliphatic rings. The Balaban J connectivity index is 3.93. The Morgan fingerprint density at radius 3 is 2.00 bits per heavy atom. The van der Waals surface area contributed by atoms with Gasteiger partial charge in [-0.2, -0.15) is 0 Å². The van der Waals surface area contributed by atoms with Gasteiger partial charge in [0.05, 0.1) is 0 Å². The van der Waals surface area contributed by atoms with Crippen molar-refractivity contribution in [3.8, 4) is 0 Å². The summed E-state index contributed by atoms with van der Waals surface area (Å²) in [5.41, 5.74) is 0. The molecule has 1 atom stereocenters. The molecular weight excluding hydrogens is 310 g/mol. The van der Waals surface area contributed by atoms with Gasteiger partial charge in [0.2, 0.25) is 0 Å². The molecular formula is C20H45N5. The zero-order valence-electron chi connectivity index (χ0n) is 17.9. The molecule has 0 rings (SSSR count). The molecule has 0 heterocycles. The molecule has 150 valence electrons. The first kappa shape index (κ1) is 24.2. The molecule has 0 saturated heterocycles. The van der Waals surface area contributed by atoms with Crippen LogP contribution in [0, 0.1) is 0 Å². The van der Waals surface area contributed by atoms with Crippen LogP contribution in [-0.4, -0.2) is 74.7 Å². The van der Waals surface area contributed by atoms with Crippen LogP contribution in [0.2, 0.25) is 0 Å². The second-order valence-electron chi connectivity index (χ2n) is 6.91. The van der Waals surface area contributed by atoms with Gasteiger partial charge in [-0.3, -0.25) is 4.99 Å². The fourth-order valence-electron chi connectivity index (χ4n) is 3.14. The topological polar surface area (TPSA) is 42.9 Å². The summed E-state index contributed by atoms with van der Waals surface area (Å²) >= 11 is 0. The van der Waals surface area contributed by atoms with Gasteiger partial charge in [-0.25, -0.2) is 0 Å². The van der Waals surface area contributed by atoms with E-state index in [1.165, 1.54) is 51.9 Å². The van der Waals surface area contributed by atoms with Crippen molar-refractivity contribution in [2.45, 2.75) is 72.8 Å². The van der Waals surface area contributed by atoms with Crippen molar-refractivity contribution >= 4 is 5.96 Å². The quantitative estimate of drug-likeness (QED) is 0.269. The summed E-state index contributed by atoms with van der Waals surface area (Å²) in [5.74, 6) is 0.938. The standard InChI is InChI=1S/C20H45N5/c1-7-15-25(16-8-2)18-12-14-22-20(21-6)23-19(5)13-11-17-24(9-3)10-4/h19H,7-18H2,1-6H3,(H2,21,22,23). The van der Waals surface area contributed by atoms with Crippen LogP contribution in [0.4, 0.5) is 0 Å². The van der Waals surface area contributed by atoms with Gasteiger partial charge in [-0.05, 0) is 78.3 Å². The Bertz CT molecular complexity index is 309. The minimum atomic E-state index is 0.457. The third-order valence-corrected chi connectivity index (χ3v) is 4.64. The molecule has 0 fully saturated rings. The number of rotatable bonds is 15. The Labute approximate surface area is 157 Å². The number of hydrogen-bond acceptors (Lipinski definition) is 3. The van der Waals surface area contributed by atoms with E-state index in [1.54, 1.807) is 0 Å². The van der Waals surface area contributed by atoms with Crippen LogP contribution >= 0.6 is 0 Å². The van der Waals surface area contributed by atoms with Crippen molar-refractivity contribution in [3.63, 3.8) is 0 Å². The first-order chi connectivity index (χ1) is 12.1.